The highest BCUT2D eigenvalue weighted by atomic mass is 35.5. The van der Waals surface area contributed by atoms with Crippen LogP contribution in [0.3, 0.4) is 0 Å². The number of fused-ring (bicyclic) bond motifs is 1. The Kier molecular flexibility index (Phi) is 9.02. The molecule has 1 aromatic carbocycles. The molecular formula is C26H34ClN8O5S+. The van der Waals surface area contributed by atoms with E-state index >= 15 is 0 Å². The highest BCUT2D eigenvalue weighted by Gasteiger charge is 2.30. The van der Waals surface area contributed by atoms with E-state index in [1.54, 1.807) is 4.90 Å². The van der Waals surface area contributed by atoms with Gasteiger partial charge in [0.15, 0.2) is 40.1 Å². The molecule has 2 aliphatic heterocycles. The largest absolute Gasteiger partial charge is 0.616 e. The van der Waals surface area contributed by atoms with Crippen LogP contribution in [0.4, 0.5) is 11.6 Å². The number of carbonyl (C=O) groups excluding carboxylic acids is 2. The molecule has 2 aromatic heterocycles. The average Bonchev–Trinajstić information content (AvgIpc) is 3.58. The van der Waals surface area contributed by atoms with Crippen molar-refractivity contribution in [1.29, 1.82) is 0 Å². The van der Waals surface area contributed by atoms with E-state index in [1.807, 2.05) is 25.1 Å². The zero-order chi connectivity index (χ0) is 29.1. The minimum atomic E-state index is -0.858. The number of halogens is 1. The first-order chi connectivity index (χ1) is 19.7. The molecule has 0 radical (unpaired) electrons. The molecule has 5 N–H and O–H groups in total. The Bertz CT molecular complexity index is 1440. The maximum Gasteiger partial charge on any atom is 0.277 e. The molecule has 220 valence electrons. The number of aromatic nitrogens is 4. The summed E-state index contributed by atoms with van der Waals surface area (Å²) in [5, 5.41) is 2.80. The van der Waals surface area contributed by atoms with Gasteiger partial charge in [0.1, 0.15) is 30.3 Å². The van der Waals surface area contributed by atoms with Gasteiger partial charge >= 0.3 is 0 Å². The predicted molar refractivity (Wildman–Crippen MR) is 154 cm³/mol. The maximum absolute atomic E-state index is 13.0. The van der Waals surface area contributed by atoms with E-state index in [4.69, 9.17) is 32.5 Å². The SMILES string of the molecule is CC[n+]1c(CNC(=O)c2nc(Cl)c(N)nc2N)n(C[C@@H]2CCCO2)c2cc(OCC(=O)N3CC[S+]([O-])CC3)ccc21. The molecule has 4 heterocycles. The molecule has 3 aromatic rings. The third-order valence-corrected chi connectivity index (χ3v) is 8.85. The minimum absolute atomic E-state index is 0.0265. The predicted octanol–water partition coefficient (Wildman–Crippen LogP) is 0.635. The van der Waals surface area contributed by atoms with E-state index in [0.717, 1.165) is 29.7 Å². The van der Waals surface area contributed by atoms with Gasteiger partial charge in [-0.2, -0.15) is 0 Å². The average molecular weight is 606 g/mol. The van der Waals surface area contributed by atoms with Crippen molar-refractivity contribution in [2.24, 2.45) is 0 Å². The van der Waals surface area contributed by atoms with Crippen LogP contribution in [0.2, 0.25) is 5.15 Å². The standard InChI is InChI=1S/C26H33ClN8O5S/c1-2-34-18-6-5-16(40-15-21(36)33-7-10-41(38)11-8-33)12-19(18)35(14-17-4-3-9-39-17)20(34)13-30-26(37)22-24(28)32-25(29)23(27)31-22/h5-6,12,17H,2-4,7-11,13-15H2,1H3,(H4-,28,29,30,32,37)/p+1/t17-/m0/s1. The summed E-state index contributed by atoms with van der Waals surface area (Å²) in [6.07, 6.45) is 1.94. The van der Waals surface area contributed by atoms with E-state index in [1.165, 1.54) is 0 Å². The Balaban J connectivity index is 1.40. The highest BCUT2D eigenvalue weighted by Crippen LogP contribution is 2.25. The zero-order valence-electron chi connectivity index (χ0n) is 22.8. The van der Waals surface area contributed by atoms with Crippen LogP contribution in [0, 0.1) is 0 Å². The van der Waals surface area contributed by atoms with Crippen molar-refractivity contribution in [1.82, 2.24) is 24.8 Å². The molecule has 13 nitrogen and oxygen atoms in total. The first-order valence-electron chi connectivity index (χ1n) is 13.5. The normalized spacial score (nSPS) is 17.7. The summed E-state index contributed by atoms with van der Waals surface area (Å²) in [7, 11) is 0. The molecule has 0 bridgehead atoms. The molecular weight excluding hydrogens is 572 g/mol. The number of anilines is 2. The van der Waals surface area contributed by atoms with Crippen LogP contribution in [0.25, 0.3) is 11.0 Å². The second-order valence-electron chi connectivity index (χ2n) is 9.89. The molecule has 0 spiro atoms. The van der Waals surface area contributed by atoms with Crippen molar-refractivity contribution in [3.8, 4) is 5.75 Å². The number of ether oxygens (including phenoxy) is 2. The van der Waals surface area contributed by atoms with Gasteiger partial charge in [-0.25, -0.2) is 19.1 Å². The second kappa shape index (κ2) is 12.7. The third kappa shape index (κ3) is 6.45. The first-order valence-corrected chi connectivity index (χ1v) is 15.4. The molecule has 1 atom stereocenters. The van der Waals surface area contributed by atoms with E-state index in [0.29, 0.717) is 50.0 Å². The second-order valence-corrected chi connectivity index (χ2v) is 11.9. The van der Waals surface area contributed by atoms with Gasteiger partial charge in [-0.15, -0.1) is 0 Å². The summed E-state index contributed by atoms with van der Waals surface area (Å²) in [5.41, 5.74) is 13.3. The zero-order valence-corrected chi connectivity index (χ0v) is 24.4. The molecule has 2 amide bonds. The van der Waals surface area contributed by atoms with Crippen LogP contribution in [-0.4, -0.2) is 79.7 Å². The van der Waals surface area contributed by atoms with Crippen LogP contribution >= 0.6 is 11.6 Å². The van der Waals surface area contributed by atoms with E-state index in [2.05, 4.69) is 24.4 Å². The lowest BCUT2D eigenvalue weighted by Crippen LogP contribution is -2.45. The smallest absolute Gasteiger partial charge is 0.277 e. The fraction of sp³-hybridized carbons (Fsp3) is 0.500. The molecule has 15 heteroatoms. The number of aryl methyl sites for hydroxylation is 1. The summed E-state index contributed by atoms with van der Waals surface area (Å²) in [4.78, 5) is 35.3. The number of nitrogens with zero attached hydrogens (tertiary/aromatic N) is 5. The minimum Gasteiger partial charge on any atom is -0.616 e. The van der Waals surface area contributed by atoms with Crippen LogP contribution in [0.1, 0.15) is 36.1 Å². The van der Waals surface area contributed by atoms with Gasteiger partial charge in [0.05, 0.1) is 25.7 Å². The number of rotatable bonds is 9. The Morgan fingerprint density at radius 3 is 2.76 bits per heavy atom. The highest BCUT2D eigenvalue weighted by molar-refractivity contribution is 7.91. The first kappa shape index (κ1) is 29.2. The summed E-state index contributed by atoms with van der Waals surface area (Å²) in [6, 6.07) is 5.69. The van der Waals surface area contributed by atoms with Gasteiger partial charge < -0.3 is 35.7 Å². The number of carbonyl (C=O) groups is 2. The summed E-state index contributed by atoms with van der Waals surface area (Å²) >= 11 is 5.12. The lowest BCUT2D eigenvalue weighted by atomic mass is 10.2. The summed E-state index contributed by atoms with van der Waals surface area (Å²) in [5.74, 6) is 1.57. The third-order valence-electron chi connectivity index (χ3n) is 7.30. The number of hydrogen-bond acceptors (Lipinski definition) is 9. The van der Waals surface area contributed by atoms with Gasteiger partial charge in [-0.1, -0.05) is 22.8 Å². The van der Waals surface area contributed by atoms with Crippen molar-refractivity contribution in [2.75, 3.05) is 49.3 Å². The van der Waals surface area contributed by atoms with Crippen LogP contribution in [-0.2, 0) is 40.3 Å². The molecule has 0 saturated carbocycles. The Morgan fingerprint density at radius 1 is 1.27 bits per heavy atom. The topological polar surface area (TPSA) is 178 Å². The van der Waals surface area contributed by atoms with Crippen LogP contribution < -0.4 is 26.1 Å². The lowest BCUT2D eigenvalue weighted by molar-refractivity contribution is -0.676. The number of nitrogen functional groups attached to an aromatic ring is 2. The number of hydrogen-bond donors (Lipinski definition) is 3. The number of nitrogens with two attached hydrogens (primary N) is 2. The fourth-order valence-corrected chi connectivity index (χ4v) is 6.35. The van der Waals surface area contributed by atoms with Crippen molar-refractivity contribution >= 4 is 57.3 Å². The Labute approximate surface area is 245 Å². The van der Waals surface area contributed by atoms with Crippen molar-refractivity contribution in [3.63, 3.8) is 0 Å². The molecule has 0 unspecified atom stereocenters. The van der Waals surface area contributed by atoms with E-state index < -0.39 is 17.1 Å². The van der Waals surface area contributed by atoms with Gasteiger partial charge in [0.2, 0.25) is 0 Å². The molecule has 2 saturated heterocycles. The summed E-state index contributed by atoms with van der Waals surface area (Å²) in [6.45, 7) is 4.98. The van der Waals surface area contributed by atoms with E-state index in [9.17, 15) is 14.1 Å². The molecule has 5 rings (SSSR count). The van der Waals surface area contributed by atoms with Crippen molar-refractivity contribution in [2.45, 2.75) is 45.5 Å². The van der Waals surface area contributed by atoms with Gasteiger partial charge in [-0.3, -0.25) is 9.59 Å². The number of nitrogens with one attached hydrogen (secondary N) is 1. The van der Waals surface area contributed by atoms with Crippen LogP contribution in [0.15, 0.2) is 18.2 Å². The monoisotopic (exact) mass is 605 g/mol. The Morgan fingerprint density at radius 2 is 2.05 bits per heavy atom. The quantitative estimate of drug-likeness (QED) is 0.233. The van der Waals surface area contributed by atoms with Crippen molar-refractivity contribution in [3.05, 3.63) is 34.9 Å². The lowest BCUT2D eigenvalue weighted by Gasteiger charge is -2.28. The molecule has 41 heavy (non-hydrogen) atoms. The van der Waals surface area contributed by atoms with Crippen molar-refractivity contribution < 1.29 is 28.2 Å². The number of amides is 2. The van der Waals surface area contributed by atoms with E-state index in [-0.39, 0.29) is 47.6 Å². The Hall–Kier alpha value is -3.33. The van der Waals surface area contributed by atoms with Gasteiger partial charge in [-0.05, 0) is 31.9 Å². The summed E-state index contributed by atoms with van der Waals surface area (Å²) < 4.78 is 27.7. The molecule has 2 aliphatic rings. The molecule has 2 fully saturated rings. The number of benzene rings is 1. The maximum atomic E-state index is 13.0. The fourth-order valence-electron chi connectivity index (χ4n) is 5.18. The van der Waals surface area contributed by atoms with Gasteiger partial charge in [0, 0.05) is 12.7 Å². The van der Waals surface area contributed by atoms with Gasteiger partial charge in [0.25, 0.3) is 17.6 Å². The molecule has 0 aliphatic carbocycles. The van der Waals surface area contributed by atoms with Crippen LogP contribution in [0.5, 0.6) is 5.75 Å². The number of imidazole rings is 1.